The van der Waals surface area contributed by atoms with E-state index in [2.05, 4.69) is 23.7 Å². The molecule has 0 atom stereocenters. The summed E-state index contributed by atoms with van der Waals surface area (Å²) in [6, 6.07) is 0. The van der Waals surface area contributed by atoms with Crippen LogP contribution >= 0.6 is 11.3 Å². The van der Waals surface area contributed by atoms with Crippen molar-refractivity contribution in [2.75, 3.05) is 19.6 Å². The second-order valence-electron chi connectivity index (χ2n) is 4.37. The quantitative estimate of drug-likeness (QED) is 0.833. The Morgan fingerprint density at radius 1 is 1.53 bits per heavy atom. The maximum Gasteiger partial charge on any atom is 0.113 e. The monoisotopic (exact) mass is 225 g/mol. The van der Waals surface area contributed by atoms with Crippen molar-refractivity contribution in [3.63, 3.8) is 0 Å². The van der Waals surface area contributed by atoms with E-state index in [1.165, 1.54) is 4.88 Å². The van der Waals surface area contributed by atoms with Crippen LogP contribution in [0.3, 0.4) is 0 Å². The molecule has 0 unspecified atom stereocenters. The van der Waals surface area contributed by atoms with E-state index < -0.39 is 0 Å². The van der Waals surface area contributed by atoms with Gasteiger partial charge in [0, 0.05) is 24.2 Å². The highest BCUT2D eigenvalue weighted by Gasteiger charge is 2.34. The molecule has 0 aliphatic carbocycles. The van der Waals surface area contributed by atoms with Crippen LogP contribution < -0.4 is 5.73 Å². The Balaban J connectivity index is 2.09. The van der Waals surface area contributed by atoms with Crippen LogP contribution in [0.5, 0.6) is 0 Å². The van der Waals surface area contributed by atoms with E-state index in [-0.39, 0.29) is 5.54 Å². The summed E-state index contributed by atoms with van der Waals surface area (Å²) in [5.74, 6) is 0. The van der Waals surface area contributed by atoms with Crippen molar-refractivity contribution in [3.05, 3.63) is 16.1 Å². The molecule has 1 aromatic heterocycles. The van der Waals surface area contributed by atoms with Gasteiger partial charge in [-0.05, 0) is 26.3 Å². The van der Waals surface area contributed by atoms with Crippen molar-refractivity contribution in [3.8, 4) is 0 Å². The molecular formula is C11H19N3S. The van der Waals surface area contributed by atoms with Gasteiger partial charge in [0.2, 0.25) is 0 Å². The molecule has 2 heterocycles. The normalized spacial score (nSPS) is 21.8. The van der Waals surface area contributed by atoms with E-state index in [0.29, 0.717) is 0 Å². The average molecular weight is 225 g/mol. The summed E-state index contributed by atoms with van der Waals surface area (Å²) in [4.78, 5) is 8.14. The van der Waals surface area contributed by atoms with Crippen molar-refractivity contribution < 1.29 is 0 Å². The number of piperidine rings is 1. The van der Waals surface area contributed by atoms with E-state index in [4.69, 9.17) is 5.73 Å². The zero-order valence-corrected chi connectivity index (χ0v) is 10.3. The first-order chi connectivity index (χ1) is 7.14. The second kappa shape index (κ2) is 4.20. The van der Waals surface area contributed by atoms with Gasteiger partial charge in [-0.3, -0.25) is 0 Å². The average Bonchev–Trinajstić information content (AvgIpc) is 2.67. The molecule has 1 fully saturated rings. The van der Waals surface area contributed by atoms with E-state index in [0.717, 1.165) is 37.5 Å². The lowest BCUT2D eigenvalue weighted by molar-refractivity contribution is 0.168. The van der Waals surface area contributed by atoms with Gasteiger partial charge < -0.3 is 10.6 Å². The molecule has 0 aromatic carbocycles. The molecule has 1 aromatic rings. The minimum Gasteiger partial charge on any atom is -0.319 e. The molecular weight excluding hydrogens is 206 g/mol. The Morgan fingerprint density at radius 3 is 2.67 bits per heavy atom. The van der Waals surface area contributed by atoms with Crippen LogP contribution in [0.25, 0.3) is 0 Å². The summed E-state index contributed by atoms with van der Waals surface area (Å²) in [5, 5.41) is 1.12. The molecule has 4 heteroatoms. The van der Waals surface area contributed by atoms with Gasteiger partial charge in [0.1, 0.15) is 5.01 Å². The van der Waals surface area contributed by atoms with Crippen LogP contribution in [0, 0.1) is 6.92 Å². The van der Waals surface area contributed by atoms with Crippen LogP contribution in [0.15, 0.2) is 6.20 Å². The standard InChI is InChI=1S/C11H19N3S/c1-3-14-6-4-11(12,5-7-14)10-13-8-9(2)15-10/h8H,3-7,12H2,1-2H3. The second-order valence-corrected chi connectivity index (χ2v) is 5.60. The first kappa shape index (κ1) is 11.0. The largest absolute Gasteiger partial charge is 0.319 e. The fourth-order valence-electron chi connectivity index (χ4n) is 2.07. The van der Waals surface area contributed by atoms with Crippen molar-refractivity contribution in [2.45, 2.75) is 32.2 Å². The fraction of sp³-hybridized carbons (Fsp3) is 0.727. The first-order valence-electron chi connectivity index (χ1n) is 5.58. The Morgan fingerprint density at radius 2 is 2.20 bits per heavy atom. The number of aryl methyl sites for hydroxylation is 1. The minimum atomic E-state index is -0.162. The molecule has 84 valence electrons. The fourth-order valence-corrected chi connectivity index (χ4v) is 2.99. The number of nitrogens with zero attached hydrogens (tertiary/aromatic N) is 2. The summed E-state index contributed by atoms with van der Waals surface area (Å²) in [7, 11) is 0. The smallest absolute Gasteiger partial charge is 0.113 e. The third-order valence-electron chi connectivity index (χ3n) is 3.24. The number of aromatic nitrogens is 1. The summed E-state index contributed by atoms with van der Waals surface area (Å²) in [5.41, 5.74) is 6.27. The van der Waals surface area contributed by atoms with Crippen LogP contribution in [-0.2, 0) is 5.54 Å². The lowest BCUT2D eigenvalue weighted by Crippen LogP contribution is -2.47. The molecule has 0 bridgehead atoms. The molecule has 15 heavy (non-hydrogen) atoms. The number of thiazole rings is 1. The Hall–Kier alpha value is -0.450. The van der Waals surface area contributed by atoms with E-state index in [1.54, 1.807) is 11.3 Å². The molecule has 2 N–H and O–H groups in total. The third-order valence-corrected chi connectivity index (χ3v) is 4.38. The third kappa shape index (κ3) is 2.22. The Bertz CT molecular complexity index is 326. The predicted molar refractivity (Wildman–Crippen MR) is 64.1 cm³/mol. The van der Waals surface area contributed by atoms with E-state index >= 15 is 0 Å². The summed E-state index contributed by atoms with van der Waals surface area (Å²) in [6.07, 6.45) is 4.00. The number of likely N-dealkylation sites (tertiary alicyclic amines) is 1. The van der Waals surface area contributed by atoms with Crippen LogP contribution in [0.2, 0.25) is 0 Å². The first-order valence-corrected chi connectivity index (χ1v) is 6.40. The maximum atomic E-state index is 6.43. The van der Waals surface area contributed by atoms with E-state index in [9.17, 15) is 0 Å². The zero-order chi connectivity index (χ0) is 10.9. The van der Waals surface area contributed by atoms with Gasteiger partial charge in [-0.15, -0.1) is 11.3 Å². The van der Waals surface area contributed by atoms with Crippen molar-refractivity contribution >= 4 is 11.3 Å². The Labute approximate surface area is 95.3 Å². The number of hydrogen-bond donors (Lipinski definition) is 1. The van der Waals surface area contributed by atoms with Gasteiger partial charge in [-0.2, -0.15) is 0 Å². The van der Waals surface area contributed by atoms with Crippen LogP contribution in [0.1, 0.15) is 29.7 Å². The number of nitrogens with two attached hydrogens (primary N) is 1. The van der Waals surface area contributed by atoms with Crippen molar-refractivity contribution in [1.29, 1.82) is 0 Å². The summed E-state index contributed by atoms with van der Waals surface area (Å²) in [6.45, 7) is 7.63. The van der Waals surface area contributed by atoms with Gasteiger partial charge in [-0.1, -0.05) is 6.92 Å². The number of rotatable bonds is 2. The molecule has 3 nitrogen and oxygen atoms in total. The zero-order valence-electron chi connectivity index (χ0n) is 9.49. The molecule has 0 radical (unpaired) electrons. The van der Waals surface area contributed by atoms with Crippen molar-refractivity contribution in [1.82, 2.24) is 9.88 Å². The van der Waals surface area contributed by atoms with Gasteiger partial charge in [0.05, 0.1) is 5.54 Å². The summed E-state index contributed by atoms with van der Waals surface area (Å²) < 4.78 is 0. The highest BCUT2D eigenvalue weighted by Crippen LogP contribution is 2.32. The minimum absolute atomic E-state index is 0.162. The lowest BCUT2D eigenvalue weighted by Gasteiger charge is -2.37. The molecule has 0 amide bonds. The van der Waals surface area contributed by atoms with Crippen LogP contribution in [0.4, 0.5) is 0 Å². The highest BCUT2D eigenvalue weighted by atomic mass is 32.1. The highest BCUT2D eigenvalue weighted by molar-refractivity contribution is 7.11. The van der Waals surface area contributed by atoms with Gasteiger partial charge >= 0.3 is 0 Å². The molecule has 1 aliphatic rings. The molecule has 0 spiro atoms. The molecule has 2 rings (SSSR count). The molecule has 0 saturated carbocycles. The van der Waals surface area contributed by atoms with Gasteiger partial charge in [-0.25, -0.2) is 4.98 Å². The number of hydrogen-bond acceptors (Lipinski definition) is 4. The maximum absolute atomic E-state index is 6.43. The SMILES string of the molecule is CCN1CCC(N)(c2ncc(C)s2)CC1. The lowest BCUT2D eigenvalue weighted by atomic mass is 9.89. The predicted octanol–water partition coefficient (Wildman–Crippen LogP) is 1.72. The molecule has 1 saturated heterocycles. The topological polar surface area (TPSA) is 42.1 Å². The van der Waals surface area contributed by atoms with Crippen molar-refractivity contribution in [2.24, 2.45) is 5.73 Å². The van der Waals surface area contributed by atoms with Gasteiger partial charge in [0.25, 0.3) is 0 Å². The van der Waals surface area contributed by atoms with E-state index in [1.807, 2.05) is 6.20 Å². The van der Waals surface area contributed by atoms with Crippen LogP contribution in [-0.4, -0.2) is 29.5 Å². The summed E-state index contributed by atoms with van der Waals surface area (Å²) >= 11 is 1.75. The van der Waals surface area contributed by atoms with Gasteiger partial charge in [0.15, 0.2) is 0 Å². The molecule has 1 aliphatic heterocycles. The Kier molecular flexibility index (Phi) is 3.09.